The Labute approximate surface area is 329 Å². The van der Waals surface area contributed by atoms with Crippen molar-refractivity contribution in [1.29, 1.82) is 0 Å². The molecule has 0 radical (unpaired) electrons. The number of alkyl halides is 38. The van der Waals surface area contributed by atoms with Gasteiger partial charge in [-0.2, -0.15) is 162 Å². The molecule has 0 saturated carbocycles. The van der Waals surface area contributed by atoms with Gasteiger partial charge in [0.15, 0.2) is 0 Å². The molecule has 5 unspecified atom stereocenters. The van der Waals surface area contributed by atoms with Gasteiger partial charge in [0.25, 0.3) is 0 Å². The van der Waals surface area contributed by atoms with Crippen LogP contribution >= 0.6 is 22.6 Å². The first-order valence-corrected chi connectivity index (χ1v) is 14.7. The molecule has 0 aliphatic heterocycles. The minimum absolute atomic E-state index is 0.451. The second kappa shape index (κ2) is 16.3. The van der Waals surface area contributed by atoms with Crippen molar-refractivity contribution >= 4 is 22.6 Å². The first-order chi connectivity index (χ1) is 26.6. The second-order valence-corrected chi connectivity index (χ2v) is 11.9. The molecule has 0 rings (SSSR count). The molecule has 0 aromatic heterocycles. The molecule has 0 saturated heterocycles. The van der Waals surface area contributed by atoms with Gasteiger partial charge < -0.3 is 0 Å². The predicted octanol–water partition coefficient (Wildman–Crippen LogP) is 12.8. The molecule has 0 N–H and O–H groups in total. The summed E-state index contributed by atoms with van der Waals surface area (Å²) in [6, 6.07) is 0. The van der Waals surface area contributed by atoms with Crippen molar-refractivity contribution in [3.8, 4) is 0 Å². The van der Waals surface area contributed by atoms with Gasteiger partial charge in [-0.1, -0.05) is 22.6 Å². The van der Waals surface area contributed by atoms with Crippen molar-refractivity contribution in [1.82, 2.24) is 0 Å². The van der Waals surface area contributed by atoms with Gasteiger partial charge >= 0.3 is 109 Å². The Balaban J connectivity index is 8.11. The summed E-state index contributed by atoms with van der Waals surface area (Å²) < 4.78 is 504. The van der Waals surface area contributed by atoms with Crippen LogP contribution in [0.1, 0.15) is 6.42 Å². The van der Waals surface area contributed by atoms with Gasteiger partial charge in [0, 0.05) is 10.8 Å². The summed E-state index contributed by atoms with van der Waals surface area (Å²) in [5.41, 5.74) is 0. The van der Waals surface area contributed by atoms with Crippen LogP contribution in [0, 0.1) is 0 Å². The van der Waals surface area contributed by atoms with E-state index in [1.54, 1.807) is 0 Å². The van der Waals surface area contributed by atoms with Crippen molar-refractivity contribution in [3.05, 3.63) is 0 Å². The molecule has 0 heterocycles. The molecule has 0 aromatic rings. The molecule has 380 valence electrons. The highest BCUT2D eigenvalue weighted by Crippen LogP contribution is 2.63. The van der Waals surface area contributed by atoms with Crippen molar-refractivity contribution in [3.63, 3.8) is 0 Å². The van der Waals surface area contributed by atoms with E-state index >= 15 is 0 Å². The molecule has 0 bridgehead atoms. The maximum Gasteiger partial charge on any atom is 0.462 e. The third kappa shape index (κ3) is 10.3. The minimum Gasteiger partial charge on any atom is -0.265 e. The average Bonchev–Trinajstić information content (AvgIpc) is 2.95. The smallest absolute Gasteiger partial charge is 0.265 e. The van der Waals surface area contributed by atoms with Crippen LogP contribution in [0.25, 0.3) is 0 Å². The van der Waals surface area contributed by atoms with Crippen molar-refractivity contribution in [2.75, 3.05) is 4.43 Å². The van der Waals surface area contributed by atoms with Crippen LogP contribution in [0.2, 0.25) is 0 Å². The summed E-state index contributed by atoms with van der Waals surface area (Å²) in [6.45, 7) is 0. The SMILES string of the molecule is FC(F)(F)C(F)(F)C(F)(F)OC(F)(C(F)(F)F)C(F)(F)OC(F)(C(F)(F)F)C(F)(F)OC(F)(C(F)(F)F)C(F)(F)OC(F)(C(F)(F)F)C(F)(F)OC(F)(C(F)(F)F)C(F)(F)CCI. The van der Waals surface area contributed by atoms with Crippen LogP contribution in [0.3, 0.4) is 0 Å². The normalized spacial score (nSPS) is 20.7. The first kappa shape index (κ1) is 60.9. The van der Waals surface area contributed by atoms with E-state index in [-0.39, 0.29) is 0 Å². The fraction of sp³-hybridized carbons (Fsp3) is 1.00. The highest BCUT2D eigenvalue weighted by Gasteiger charge is 2.92. The quantitative estimate of drug-likeness (QED) is 0.0778. The summed E-state index contributed by atoms with van der Waals surface area (Å²) >= 11 is 0.451. The second-order valence-electron chi connectivity index (χ2n) is 10.8. The Bertz CT molecular complexity index is 1580. The van der Waals surface area contributed by atoms with Crippen molar-refractivity contribution < 1.29 is 186 Å². The molecule has 0 fully saturated rings. The Kier molecular flexibility index (Phi) is 15.8. The maximum atomic E-state index is 14.7. The molecule has 0 aliphatic rings. The zero-order valence-corrected chi connectivity index (χ0v) is 29.0. The third-order valence-corrected chi connectivity index (χ3v) is 6.80. The van der Waals surface area contributed by atoms with E-state index in [0.29, 0.717) is 32.1 Å². The summed E-state index contributed by atoms with van der Waals surface area (Å²) in [7, 11) is 0. The van der Waals surface area contributed by atoms with E-state index in [9.17, 15) is 162 Å². The van der Waals surface area contributed by atoms with Gasteiger partial charge in [0.2, 0.25) is 0 Å². The topological polar surface area (TPSA) is 46.2 Å². The molecular weight excluding hydrogens is 1150 g/mol. The van der Waals surface area contributed by atoms with E-state index in [0.717, 1.165) is 9.47 Å². The maximum absolute atomic E-state index is 14.7. The number of rotatable bonds is 18. The number of hydrogen-bond acceptors (Lipinski definition) is 5. The lowest BCUT2D eigenvalue weighted by Gasteiger charge is -2.45. The van der Waals surface area contributed by atoms with Gasteiger partial charge in [-0.15, -0.1) is 0 Å². The summed E-state index contributed by atoms with van der Waals surface area (Å²) in [6.07, 6.45) is -102. The van der Waals surface area contributed by atoms with Crippen LogP contribution in [-0.2, 0) is 23.7 Å². The minimum atomic E-state index is -9.65. The van der Waals surface area contributed by atoms with E-state index in [1.807, 2.05) is 0 Å². The highest BCUT2D eigenvalue weighted by molar-refractivity contribution is 14.1. The van der Waals surface area contributed by atoms with Crippen LogP contribution in [0.15, 0.2) is 0 Å². The van der Waals surface area contributed by atoms with Crippen molar-refractivity contribution in [2.24, 2.45) is 0 Å². The largest absolute Gasteiger partial charge is 0.462 e. The lowest BCUT2D eigenvalue weighted by molar-refractivity contribution is -0.602. The van der Waals surface area contributed by atoms with Crippen molar-refractivity contribution in [2.45, 2.75) is 115 Å². The molecule has 0 aliphatic carbocycles. The summed E-state index contributed by atoms with van der Waals surface area (Å²) in [5, 5.41) is 0. The van der Waals surface area contributed by atoms with Crippen LogP contribution in [0.4, 0.5) is 162 Å². The Morgan fingerprint density at radius 1 is 0.238 bits per heavy atom. The van der Waals surface area contributed by atoms with Crippen LogP contribution in [0.5, 0.6) is 0 Å². The first-order valence-electron chi connectivity index (χ1n) is 13.2. The summed E-state index contributed by atoms with van der Waals surface area (Å²) in [4.78, 5) is 0. The zero-order chi connectivity index (χ0) is 51.9. The highest BCUT2D eigenvalue weighted by atomic mass is 127. The monoisotopic (exact) mass is 1150 g/mol. The number of hydrogen-bond donors (Lipinski definition) is 0. The van der Waals surface area contributed by atoms with E-state index in [1.165, 1.54) is 4.74 Å². The Hall–Kier alpha value is -2.06. The number of halogens is 38. The molecule has 43 heteroatoms. The van der Waals surface area contributed by atoms with Crippen LogP contribution < -0.4 is 0 Å². The van der Waals surface area contributed by atoms with E-state index in [2.05, 4.69) is 0 Å². The van der Waals surface area contributed by atoms with Gasteiger partial charge in [-0.05, 0) is 0 Å². The molecule has 0 amide bonds. The molecule has 0 aromatic carbocycles. The lowest BCUT2D eigenvalue weighted by atomic mass is 10.1. The molecule has 63 heavy (non-hydrogen) atoms. The predicted molar refractivity (Wildman–Crippen MR) is 119 cm³/mol. The molecule has 5 atom stereocenters. The average molecular weight is 1150 g/mol. The summed E-state index contributed by atoms with van der Waals surface area (Å²) in [5.74, 6) is -61.2. The zero-order valence-electron chi connectivity index (χ0n) is 26.8. The molecular formula is C20H4F37IO5. The molecule has 5 nitrogen and oxygen atoms in total. The lowest BCUT2D eigenvalue weighted by Crippen LogP contribution is -2.73. The van der Waals surface area contributed by atoms with Gasteiger partial charge in [-0.3, -0.25) is 23.7 Å². The Morgan fingerprint density at radius 3 is 0.571 bits per heavy atom. The Morgan fingerprint density at radius 2 is 0.413 bits per heavy atom. The fourth-order valence-electron chi connectivity index (χ4n) is 3.12. The van der Waals surface area contributed by atoms with Gasteiger partial charge in [0.1, 0.15) is 0 Å². The van der Waals surface area contributed by atoms with Gasteiger partial charge in [-0.25, -0.2) is 0 Å². The fourth-order valence-corrected chi connectivity index (χ4v) is 3.80. The standard InChI is InChI=1S/C20H4F37IO5/c21-3(22,1-2-58)5(25,11(33,34)35)59-17(50,51)7(27,13(39,40)41)61-19(54,55)9(29,15(45,46)47)63-20(56,57)8(28,14(42,43)44)62-18(52,53)6(26,12(36,37)38)60-16(48,49)4(23,24)10(30,31)32/h1-2H2. The third-order valence-electron chi connectivity index (χ3n) is 6.26. The van der Waals surface area contributed by atoms with Gasteiger partial charge in [0.05, 0.1) is 0 Å². The van der Waals surface area contributed by atoms with E-state index in [4.69, 9.17) is 0 Å². The van der Waals surface area contributed by atoms with E-state index < -0.39 is 120 Å². The van der Waals surface area contributed by atoms with Crippen LogP contribution in [-0.4, -0.2) is 113 Å². The number of ether oxygens (including phenoxy) is 5. The molecule has 0 spiro atoms.